The lowest BCUT2D eigenvalue weighted by atomic mass is 10.4. The van der Waals surface area contributed by atoms with E-state index in [1.54, 1.807) is 25.6 Å². The largest absolute Gasteiger partial charge is 0.492 e. The number of rotatable bonds is 2. The van der Waals surface area contributed by atoms with E-state index < -0.39 is 0 Å². The van der Waals surface area contributed by atoms with Crippen LogP contribution in [-0.4, -0.2) is 27.3 Å². The van der Waals surface area contributed by atoms with Crippen molar-refractivity contribution in [2.45, 2.75) is 0 Å². The van der Waals surface area contributed by atoms with E-state index in [9.17, 15) is 0 Å². The van der Waals surface area contributed by atoms with Crippen LogP contribution in [0.2, 0.25) is 0 Å². The van der Waals surface area contributed by atoms with Crippen LogP contribution < -0.4 is 4.74 Å². The summed E-state index contributed by atoms with van der Waals surface area (Å²) in [5, 5.41) is 6.43. The first-order chi connectivity index (χ1) is 6.42. The van der Waals surface area contributed by atoms with Crippen LogP contribution in [0.25, 0.3) is 11.5 Å². The third-order valence-corrected chi connectivity index (χ3v) is 1.55. The number of ether oxygens (including phenoxy) is 1. The maximum Gasteiger partial charge on any atom is 0.181 e. The predicted molar refractivity (Wildman–Crippen MR) is 45.0 cm³/mol. The fraction of sp³-hybridized carbons (Fsp3) is 0.125. The second-order valence-corrected chi connectivity index (χ2v) is 2.32. The summed E-state index contributed by atoms with van der Waals surface area (Å²) in [6.07, 6.45) is 5.96. The molecule has 0 bridgehead atoms. The lowest BCUT2D eigenvalue weighted by Crippen LogP contribution is -1.90. The van der Waals surface area contributed by atoms with E-state index in [1.807, 2.05) is 0 Å². The van der Waals surface area contributed by atoms with Crippen molar-refractivity contribution in [2.24, 2.45) is 0 Å². The number of aromatic nitrogens is 4. The molecule has 0 aliphatic rings. The molecule has 0 saturated heterocycles. The molecule has 0 unspecified atom stereocenters. The van der Waals surface area contributed by atoms with Gasteiger partial charge in [0.15, 0.2) is 17.8 Å². The van der Waals surface area contributed by atoms with Crippen molar-refractivity contribution in [3.05, 3.63) is 24.7 Å². The number of nitrogens with one attached hydrogen (secondary N) is 1. The zero-order valence-electron chi connectivity index (χ0n) is 6.98. The first-order valence-electron chi connectivity index (χ1n) is 3.69. The van der Waals surface area contributed by atoms with E-state index in [4.69, 9.17) is 4.74 Å². The van der Waals surface area contributed by atoms with Crippen molar-refractivity contribution in [1.82, 2.24) is 20.2 Å². The fourth-order valence-electron chi connectivity index (χ4n) is 0.969. The second-order valence-electron chi connectivity index (χ2n) is 2.32. The Hall–Kier alpha value is -1.91. The third kappa shape index (κ3) is 1.35. The number of nitrogens with zero attached hydrogens (tertiary/aromatic N) is 3. The van der Waals surface area contributed by atoms with Gasteiger partial charge in [-0.05, 0) is 6.07 Å². The standard InChI is InChI=1S/C8H7N4O/c1-13-6-5-11-12-7(6)8-9-3-2-4-10-8/h2-4H,1H3,(H,11,12). The molecule has 5 heteroatoms. The van der Waals surface area contributed by atoms with Gasteiger partial charge in [0, 0.05) is 12.4 Å². The molecule has 0 aliphatic heterocycles. The molecule has 0 aromatic carbocycles. The molecule has 2 aromatic heterocycles. The Bertz CT molecular complexity index is 384. The van der Waals surface area contributed by atoms with Gasteiger partial charge in [-0.1, -0.05) is 0 Å². The molecular weight excluding hydrogens is 168 g/mol. The van der Waals surface area contributed by atoms with Crippen LogP contribution in [0.5, 0.6) is 5.75 Å². The summed E-state index contributed by atoms with van der Waals surface area (Å²) in [4.78, 5) is 8.09. The number of hydrogen-bond donors (Lipinski definition) is 1. The summed E-state index contributed by atoms with van der Waals surface area (Å²) < 4.78 is 5.01. The molecule has 13 heavy (non-hydrogen) atoms. The quantitative estimate of drug-likeness (QED) is 0.728. The number of aromatic amines is 1. The van der Waals surface area contributed by atoms with Gasteiger partial charge in [0.05, 0.1) is 7.11 Å². The van der Waals surface area contributed by atoms with Crippen molar-refractivity contribution in [2.75, 3.05) is 7.11 Å². The van der Waals surface area contributed by atoms with Gasteiger partial charge in [0.25, 0.3) is 0 Å². The van der Waals surface area contributed by atoms with Crippen LogP contribution >= 0.6 is 0 Å². The molecule has 1 radical (unpaired) electrons. The Morgan fingerprint density at radius 3 is 2.85 bits per heavy atom. The van der Waals surface area contributed by atoms with Gasteiger partial charge in [0.1, 0.15) is 5.69 Å². The number of methoxy groups -OCH3 is 1. The van der Waals surface area contributed by atoms with E-state index in [0.717, 1.165) is 0 Å². The van der Waals surface area contributed by atoms with Gasteiger partial charge in [0.2, 0.25) is 0 Å². The van der Waals surface area contributed by atoms with Crippen molar-refractivity contribution in [1.29, 1.82) is 0 Å². The molecule has 2 rings (SSSR count). The van der Waals surface area contributed by atoms with Gasteiger partial charge in [-0.3, -0.25) is 5.10 Å². The van der Waals surface area contributed by atoms with E-state index in [2.05, 4.69) is 26.4 Å². The van der Waals surface area contributed by atoms with Crippen LogP contribution in [0.4, 0.5) is 0 Å². The van der Waals surface area contributed by atoms with E-state index in [-0.39, 0.29) is 0 Å². The minimum absolute atomic E-state index is 0.520. The van der Waals surface area contributed by atoms with Gasteiger partial charge >= 0.3 is 0 Å². The first-order valence-corrected chi connectivity index (χ1v) is 3.69. The van der Waals surface area contributed by atoms with Gasteiger partial charge in [-0.15, -0.1) is 0 Å². The molecule has 0 amide bonds. The van der Waals surface area contributed by atoms with Crippen LogP contribution in [0, 0.1) is 6.20 Å². The van der Waals surface area contributed by atoms with E-state index in [1.165, 1.54) is 0 Å². The van der Waals surface area contributed by atoms with E-state index in [0.29, 0.717) is 17.3 Å². The van der Waals surface area contributed by atoms with Gasteiger partial charge in [-0.2, -0.15) is 5.10 Å². The zero-order chi connectivity index (χ0) is 9.10. The first kappa shape index (κ1) is 7.72. The maximum absolute atomic E-state index is 5.01. The summed E-state index contributed by atoms with van der Waals surface area (Å²) in [5.41, 5.74) is 0.642. The summed E-state index contributed by atoms with van der Waals surface area (Å²) in [6, 6.07) is 1.75. The monoisotopic (exact) mass is 175 g/mol. The minimum atomic E-state index is 0.520. The summed E-state index contributed by atoms with van der Waals surface area (Å²) in [5.74, 6) is 1.07. The molecule has 2 aromatic rings. The molecule has 5 nitrogen and oxygen atoms in total. The van der Waals surface area contributed by atoms with Gasteiger partial charge in [-0.25, -0.2) is 9.97 Å². The minimum Gasteiger partial charge on any atom is -0.492 e. The molecule has 65 valence electrons. The summed E-state index contributed by atoms with van der Waals surface area (Å²) in [6.45, 7) is 0. The predicted octanol–water partition coefficient (Wildman–Crippen LogP) is 0.675. The molecular formula is C8H7N4O. The average molecular weight is 175 g/mol. The van der Waals surface area contributed by atoms with Crippen molar-refractivity contribution in [3.8, 4) is 17.3 Å². The Morgan fingerprint density at radius 1 is 1.38 bits per heavy atom. The Labute approximate surface area is 74.8 Å². The highest BCUT2D eigenvalue weighted by molar-refractivity contribution is 5.56. The number of H-pyrrole nitrogens is 1. The van der Waals surface area contributed by atoms with Crippen LogP contribution in [0.1, 0.15) is 0 Å². The molecule has 0 spiro atoms. The highest BCUT2D eigenvalue weighted by Gasteiger charge is 2.09. The van der Waals surface area contributed by atoms with E-state index >= 15 is 0 Å². The lowest BCUT2D eigenvalue weighted by molar-refractivity contribution is 0.415. The molecule has 0 aliphatic carbocycles. The fourth-order valence-corrected chi connectivity index (χ4v) is 0.969. The lowest BCUT2D eigenvalue weighted by Gasteiger charge is -1.97. The molecule has 0 atom stereocenters. The Balaban J connectivity index is 2.47. The smallest absolute Gasteiger partial charge is 0.181 e. The topological polar surface area (TPSA) is 63.7 Å². The number of hydrogen-bond acceptors (Lipinski definition) is 4. The normalized spacial score (nSPS) is 9.92. The molecule has 0 saturated carbocycles. The highest BCUT2D eigenvalue weighted by Crippen LogP contribution is 2.22. The third-order valence-electron chi connectivity index (χ3n) is 1.55. The van der Waals surface area contributed by atoms with Crippen molar-refractivity contribution < 1.29 is 4.74 Å². The second kappa shape index (κ2) is 3.22. The average Bonchev–Trinajstić information content (AvgIpc) is 2.67. The van der Waals surface area contributed by atoms with Crippen LogP contribution in [-0.2, 0) is 0 Å². The Morgan fingerprint density at radius 2 is 2.15 bits per heavy atom. The maximum atomic E-state index is 5.01. The van der Waals surface area contributed by atoms with Crippen molar-refractivity contribution in [3.63, 3.8) is 0 Å². The van der Waals surface area contributed by atoms with Crippen LogP contribution in [0.3, 0.4) is 0 Å². The molecule has 0 fully saturated rings. The molecule has 2 heterocycles. The van der Waals surface area contributed by atoms with Crippen LogP contribution in [0.15, 0.2) is 18.5 Å². The summed E-state index contributed by atoms with van der Waals surface area (Å²) >= 11 is 0. The van der Waals surface area contributed by atoms with Gasteiger partial charge < -0.3 is 4.74 Å². The van der Waals surface area contributed by atoms with Crippen molar-refractivity contribution >= 4 is 0 Å². The SMILES string of the molecule is COc1[c]n[nH]c1-c1ncccn1. The summed E-state index contributed by atoms with van der Waals surface area (Å²) in [7, 11) is 1.55. The molecule has 1 N–H and O–H groups in total. The Kier molecular flexibility index (Phi) is 1.91. The highest BCUT2D eigenvalue weighted by atomic mass is 16.5. The zero-order valence-corrected chi connectivity index (χ0v) is 6.98.